The summed E-state index contributed by atoms with van der Waals surface area (Å²) in [5, 5.41) is 9.36. The molecule has 27 heavy (non-hydrogen) atoms. The first-order valence-electron chi connectivity index (χ1n) is 8.87. The first-order valence-corrected chi connectivity index (χ1v) is 8.87. The molecule has 1 N–H and O–H groups in total. The molecule has 2 aromatic rings. The van der Waals surface area contributed by atoms with Gasteiger partial charge in [-0.2, -0.15) is 0 Å². The molecular formula is C22H19NO4. The van der Waals surface area contributed by atoms with Crippen LogP contribution < -0.4 is 0 Å². The lowest BCUT2D eigenvalue weighted by atomic mass is 9.89. The van der Waals surface area contributed by atoms with Crippen LogP contribution in [0, 0.1) is 17.8 Å². The summed E-state index contributed by atoms with van der Waals surface area (Å²) < 4.78 is 5.57. The monoisotopic (exact) mass is 361 g/mol. The van der Waals surface area contributed by atoms with E-state index in [1.54, 1.807) is 0 Å². The van der Waals surface area contributed by atoms with Gasteiger partial charge in [-0.15, -0.1) is 6.42 Å². The summed E-state index contributed by atoms with van der Waals surface area (Å²) in [6.07, 6.45) is 5.12. The Hall–Kier alpha value is -3.26. The summed E-state index contributed by atoms with van der Waals surface area (Å²) >= 11 is 0. The summed E-state index contributed by atoms with van der Waals surface area (Å²) in [4.78, 5) is 25.3. The number of likely N-dealkylation sites (tertiary alicyclic amines) is 1. The van der Waals surface area contributed by atoms with Crippen LogP contribution in [0.15, 0.2) is 48.5 Å². The van der Waals surface area contributed by atoms with Gasteiger partial charge >= 0.3 is 12.1 Å². The molecule has 0 radical (unpaired) electrons. The summed E-state index contributed by atoms with van der Waals surface area (Å²) in [5.74, 6) is 1.24. The Labute approximate surface area is 157 Å². The Morgan fingerprint density at radius 1 is 1.15 bits per heavy atom. The molecule has 1 amide bonds. The second-order valence-electron chi connectivity index (χ2n) is 7.01. The SMILES string of the molecule is C#CC1(C(=O)O)CCN(C(=O)OCC2c3ccccc3-c3ccccc32)C1. The first-order chi connectivity index (χ1) is 13.1. The molecule has 5 nitrogen and oxygen atoms in total. The van der Waals surface area contributed by atoms with Gasteiger partial charge in [-0.25, -0.2) is 4.79 Å². The highest BCUT2D eigenvalue weighted by molar-refractivity contribution is 5.81. The van der Waals surface area contributed by atoms with E-state index in [1.165, 1.54) is 4.90 Å². The predicted octanol–water partition coefficient (Wildman–Crippen LogP) is 3.35. The van der Waals surface area contributed by atoms with Crippen LogP contribution >= 0.6 is 0 Å². The van der Waals surface area contributed by atoms with Gasteiger partial charge in [0.25, 0.3) is 0 Å². The molecular weight excluding hydrogens is 342 g/mol. The second-order valence-corrected chi connectivity index (χ2v) is 7.01. The number of aliphatic carboxylic acids is 1. The van der Waals surface area contributed by atoms with E-state index in [4.69, 9.17) is 11.2 Å². The molecule has 0 bridgehead atoms. The lowest BCUT2D eigenvalue weighted by Gasteiger charge is -2.21. The van der Waals surface area contributed by atoms with Crippen molar-refractivity contribution in [2.45, 2.75) is 12.3 Å². The number of hydrogen-bond acceptors (Lipinski definition) is 3. The Morgan fingerprint density at radius 3 is 2.26 bits per heavy atom. The van der Waals surface area contributed by atoms with Gasteiger partial charge in [-0.1, -0.05) is 54.5 Å². The fourth-order valence-electron chi connectivity index (χ4n) is 4.01. The van der Waals surface area contributed by atoms with Gasteiger partial charge in [0.2, 0.25) is 0 Å². The van der Waals surface area contributed by atoms with Crippen molar-refractivity contribution in [3.8, 4) is 23.5 Å². The van der Waals surface area contributed by atoms with E-state index >= 15 is 0 Å². The molecule has 0 aromatic heterocycles. The van der Waals surface area contributed by atoms with Crippen molar-refractivity contribution in [3.63, 3.8) is 0 Å². The number of benzene rings is 2. The van der Waals surface area contributed by atoms with Crippen LogP contribution in [0.3, 0.4) is 0 Å². The van der Waals surface area contributed by atoms with Crippen molar-refractivity contribution in [3.05, 3.63) is 59.7 Å². The molecule has 136 valence electrons. The van der Waals surface area contributed by atoms with Gasteiger partial charge < -0.3 is 14.7 Å². The quantitative estimate of drug-likeness (QED) is 0.852. The Balaban J connectivity index is 1.49. The molecule has 1 unspecified atom stereocenters. The highest BCUT2D eigenvalue weighted by Gasteiger charge is 2.45. The highest BCUT2D eigenvalue weighted by atomic mass is 16.6. The van der Waals surface area contributed by atoms with E-state index in [-0.39, 0.29) is 32.0 Å². The third-order valence-corrected chi connectivity index (χ3v) is 5.55. The normalized spacial score (nSPS) is 20.6. The number of terminal acetylenes is 1. The van der Waals surface area contributed by atoms with Crippen LogP contribution in [0.5, 0.6) is 0 Å². The topological polar surface area (TPSA) is 66.8 Å². The maximum Gasteiger partial charge on any atom is 0.409 e. The third kappa shape index (κ3) is 2.74. The van der Waals surface area contributed by atoms with E-state index in [0.29, 0.717) is 0 Å². The molecule has 0 spiro atoms. The van der Waals surface area contributed by atoms with Crippen molar-refractivity contribution in [1.29, 1.82) is 0 Å². The Bertz CT molecular complexity index is 915. The van der Waals surface area contributed by atoms with Gasteiger partial charge in [0.15, 0.2) is 0 Å². The number of carboxylic acid groups (broad SMARTS) is 1. The van der Waals surface area contributed by atoms with E-state index in [9.17, 15) is 14.7 Å². The van der Waals surface area contributed by atoms with Crippen molar-refractivity contribution in [1.82, 2.24) is 4.90 Å². The maximum absolute atomic E-state index is 12.5. The average Bonchev–Trinajstić information content (AvgIpc) is 3.27. The fourth-order valence-corrected chi connectivity index (χ4v) is 4.01. The van der Waals surface area contributed by atoms with Crippen molar-refractivity contribution in [2.75, 3.05) is 19.7 Å². The molecule has 5 heteroatoms. The molecule has 1 aliphatic heterocycles. The van der Waals surface area contributed by atoms with Gasteiger partial charge in [0.1, 0.15) is 12.0 Å². The van der Waals surface area contributed by atoms with Gasteiger partial charge in [0, 0.05) is 12.5 Å². The minimum absolute atomic E-state index is 0.0183. The minimum atomic E-state index is -1.31. The summed E-state index contributed by atoms with van der Waals surface area (Å²) in [5.41, 5.74) is 3.28. The average molecular weight is 361 g/mol. The van der Waals surface area contributed by atoms with Crippen molar-refractivity contribution < 1.29 is 19.4 Å². The van der Waals surface area contributed by atoms with E-state index in [2.05, 4.69) is 30.2 Å². The van der Waals surface area contributed by atoms with Crippen LogP contribution in [0.2, 0.25) is 0 Å². The molecule has 2 aliphatic rings. The Kier molecular flexibility index (Phi) is 4.12. The fraction of sp³-hybridized carbons (Fsp3) is 0.273. The standard InChI is InChI=1S/C22H19NO4/c1-2-22(20(24)25)11-12-23(14-22)21(26)27-13-19-17-9-5-3-7-15(17)16-8-4-6-10-18(16)19/h1,3-10,19H,11-14H2,(H,24,25). The number of carbonyl (C=O) groups is 2. The van der Waals surface area contributed by atoms with Gasteiger partial charge in [-0.3, -0.25) is 4.79 Å². The maximum atomic E-state index is 12.5. The van der Waals surface area contributed by atoms with Crippen LogP contribution in [-0.2, 0) is 9.53 Å². The van der Waals surface area contributed by atoms with Gasteiger partial charge in [0.05, 0.1) is 6.54 Å². The number of ether oxygens (including phenoxy) is 1. The Morgan fingerprint density at radius 2 is 1.74 bits per heavy atom. The molecule has 2 aromatic carbocycles. The van der Waals surface area contributed by atoms with E-state index in [0.717, 1.165) is 22.3 Å². The molecule has 4 rings (SSSR count). The van der Waals surface area contributed by atoms with E-state index < -0.39 is 17.5 Å². The number of nitrogens with zero attached hydrogens (tertiary/aromatic N) is 1. The van der Waals surface area contributed by atoms with Crippen LogP contribution in [0.25, 0.3) is 11.1 Å². The van der Waals surface area contributed by atoms with Crippen molar-refractivity contribution in [2.24, 2.45) is 5.41 Å². The lowest BCUT2D eigenvalue weighted by molar-refractivity contribution is -0.144. The minimum Gasteiger partial charge on any atom is -0.480 e. The summed E-state index contributed by atoms with van der Waals surface area (Å²) in [6, 6.07) is 16.2. The second kappa shape index (κ2) is 6.48. The largest absolute Gasteiger partial charge is 0.480 e. The molecule has 1 atom stereocenters. The van der Waals surface area contributed by atoms with Crippen LogP contribution in [0.4, 0.5) is 4.79 Å². The summed E-state index contributed by atoms with van der Waals surface area (Å²) in [7, 11) is 0. The van der Waals surface area contributed by atoms with Crippen molar-refractivity contribution >= 4 is 12.1 Å². The molecule has 1 saturated heterocycles. The summed E-state index contributed by atoms with van der Waals surface area (Å²) in [6.45, 7) is 0.474. The van der Waals surface area contributed by atoms with E-state index in [1.807, 2.05) is 24.3 Å². The number of carboxylic acids is 1. The molecule has 1 aliphatic carbocycles. The van der Waals surface area contributed by atoms with Gasteiger partial charge in [-0.05, 0) is 28.7 Å². The number of carbonyl (C=O) groups excluding carboxylic acids is 1. The molecule has 1 heterocycles. The smallest absolute Gasteiger partial charge is 0.409 e. The number of rotatable bonds is 3. The van der Waals surface area contributed by atoms with Crippen LogP contribution in [0.1, 0.15) is 23.5 Å². The number of amides is 1. The first kappa shape index (κ1) is 17.2. The molecule has 1 fully saturated rings. The van der Waals surface area contributed by atoms with Crippen LogP contribution in [-0.4, -0.2) is 41.8 Å². The zero-order valence-corrected chi connectivity index (χ0v) is 14.7. The molecule has 0 saturated carbocycles. The number of fused-ring (bicyclic) bond motifs is 3. The lowest BCUT2D eigenvalue weighted by Crippen LogP contribution is -2.36. The highest BCUT2D eigenvalue weighted by Crippen LogP contribution is 2.44. The predicted molar refractivity (Wildman–Crippen MR) is 100 cm³/mol. The third-order valence-electron chi connectivity index (χ3n) is 5.55. The zero-order chi connectivity index (χ0) is 19.0. The zero-order valence-electron chi connectivity index (χ0n) is 14.7. The number of hydrogen-bond donors (Lipinski definition) is 1.